The fraction of sp³-hybridized carbons (Fsp3) is 0.308. The molecule has 0 saturated carbocycles. The Morgan fingerprint density at radius 2 is 1.69 bits per heavy atom. The third-order valence-corrected chi connectivity index (χ3v) is 6.96. The van der Waals surface area contributed by atoms with E-state index in [1.54, 1.807) is 37.3 Å². The molecular weight excluding hydrogens is 466 g/mol. The third kappa shape index (κ3) is 4.04. The summed E-state index contributed by atoms with van der Waals surface area (Å²) in [5.41, 5.74) is 1.04. The van der Waals surface area contributed by atoms with Gasteiger partial charge >= 0.3 is 5.97 Å². The summed E-state index contributed by atoms with van der Waals surface area (Å²) in [6, 6.07) is 10.7. The SMILES string of the molecule is Cc1ccc(N2C[C@H](C(=O)Oc3cccc(N4C(=O)[C@@H]5CC=CC[C@H]5C4=O)c3)CC2=O)cc1[N+](=O)[O-]. The van der Waals surface area contributed by atoms with E-state index >= 15 is 0 Å². The van der Waals surface area contributed by atoms with Crippen LogP contribution in [-0.4, -0.2) is 35.2 Å². The second kappa shape index (κ2) is 9.03. The lowest BCUT2D eigenvalue weighted by Crippen LogP contribution is -2.31. The number of carbonyl (C=O) groups is 4. The number of hydrogen-bond donors (Lipinski definition) is 0. The number of rotatable bonds is 5. The molecule has 2 heterocycles. The van der Waals surface area contributed by atoms with Crippen molar-refractivity contribution in [3.8, 4) is 5.75 Å². The minimum absolute atomic E-state index is 0.0248. The van der Waals surface area contributed by atoms with Gasteiger partial charge in [0, 0.05) is 30.7 Å². The zero-order chi connectivity index (χ0) is 25.6. The average molecular weight is 489 g/mol. The van der Waals surface area contributed by atoms with Gasteiger partial charge < -0.3 is 9.64 Å². The molecule has 2 fully saturated rings. The second-order valence-electron chi connectivity index (χ2n) is 9.22. The van der Waals surface area contributed by atoms with Crippen molar-refractivity contribution in [3.63, 3.8) is 0 Å². The predicted octanol–water partition coefficient (Wildman–Crippen LogP) is 3.32. The number of ether oxygens (including phenoxy) is 1. The van der Waals surface area contributed by atoms with Crippen molar-refractivity contribution >= 4 is 40.8 Å². The molecule has 3 amide bonds. The van der Waals surface area contributed by atoms with Crippen LogP contribution in [0.4, 0.5) is 17.1 Å². The molecule has 0 bridgehead atoms. The number of aryl methyl sites for hydroxylation is 1. The molecule has 2 aliphatic heterocycles. The van der Waals surface area contributed by atoms with E-state index in [2.05, 4.69) is 0 Å². The van der Waals surface area contributed by atoms with E-state index in [1.807, 2.05) is 12.2 Å². The van der Waals surface area contributed by atoms with Crippen LogP contribution in [0.25, 0.3) is 0 Å². The first kappa shape index (κ1) is 23.4. The van der Waals surface area contributed by atoms with Crippen LogP contribution in [0.3, 0.4) is 0 Å². The van der Waals surface area contributed by atoms with Gasteiger partial charge in [0.1, 0.15) is 5.75 Å². The maximum atomic E-state index is 12.9. The molecular formula is C26H23N3O7. The molecule has 2 aromatic rings. The monoisotopic (exact) mass is 489 g/mol. The molecule has 2 saturated heterocycles. The summed E-state index contributed by atoms with van der Waals surface area (Å²) in [5, 5.41) is 11.3. The lowest BCUT2D eigenvalue weighted by molar-refractivity contribution is -0.385. The Bertz CT molecular complexity index is 1310. The summed E-state index contributed by atoms with van der Waals surface area (Å²) in [7, 11) is 0. The van der Waals surface area contributed by atoms with Crippen LogP contribution in [0, 0.1) is 34.8 Å². The Morgan fingerprint density at radius 3 is 2.36 bits per heavy atom. The Balaban J connectivity index is 1.29. The van der Waals surface area contributed by atoms with E-state index < -0.39 is 16.8 Å². The average Bonchev–Trinajstić information content (AvgIpc) is 3.37. The molecule has 0 spiro atoms. The van der Waals surface area contributed by atoms with Crippen molar-refractivity contribution < 1.29 is 28.8 Å². The van der Waals surface area contributed by atoms with Crippen molar-refractivity contribution in [1.82, 2.24) is 0 Å². The van der Waals surface area contributed by atoms with Crippen LogP contribution < -0.4 is 14.5 Å². The molecule has 5 rings (SSSR count). The predicted molar refractivity (Wildman–Crippen MR) is 128 cm³/mol. The number of carbonyl (C=O) groups excluding carboxylic acids is 4. The summed E-state index contributed by atoms with van der Waals surface area (Å²) < 4.78 is 5.51. The van der Waals surface area contributed by atoms with Gasteiger partial charge in [0.25, 0.3) is 5.69 Å². The molecule has 3 atom stereocenters. The van der Waals surface area contributed by atoms with Crippen LogP contribution in [0.1, 0.15) is 24.8 Å². The number of anilines is 2. The van der Waals surface area contributed by atoms with Gasteiger partial charge in [-0.15, -0.1) is 0 Å². The summed E-state index contributed by atoms with van der Waals surface area (Å²) in [5.74, 6) is -2.86. The topological polar surface area (TPSA) is 127 Å². The molecule has 36 heavy (non-hydrogen) atoms. The minimum Gasteiger partial charge on any atom is -0.426 e. The van der Waals surface area contributed by atoms with Gasteiger partial charge in [0.15, 0.2) is 0 Å². The molecule has 184 valence electrons. The Hall–Kier alpha value is -4.34. The molecule has 1 aliphatic carbocycles. The van der Waals surface area contributed by atoms with Gasteiger partial charge in [-0.1, -0.05) is 24.3 Å². The van der Waals surface area contributed by atoms with E-state index in [0.29, 0.717) is 29.8 Å². The molecule has 2 aromatic carbocycles. The van der Waals surface area contributed by atoms with Gasteiger partial charge in [-0.3, -0.25) is 29.3 Å². The highest BCUT2D eigenvalue weighted by molar-refractivity contribution is 6.22. The van der Waals surface area contributed by atoms with E-state index in [0.717, 1.165) is 4.90 Å². The smallest absolute Gasteiger partial charge is 0.316 e. The molecule has 0 radical (unpaired) electrons. The molecule has 10 heteroatoms. The Kier molecular flexibility index (Phi) is 5.87. The molecule has 3 aliphatic rings. The van der Waals surface area contributed by atoms with Crippen molar-refractivity contribution in [2.75, 3.05) is 16.3 Å². The Labute approximate surface area is 206 Å². The highest BCUT2D eigenvalue weighted by Crippen LogP contribution is 2.38. The van der Waals surface area contributed by atoms with Gasteiger partial charge in [0.05, 0.1) is 34.1 Å². The number of benzene rings is 2. The number of amides is 3. The van der Waals surface area contributed by atoms with Crippen LogP contribution in [-0.2, 0) is 19.2 Å². The lowest BCUT2D eigenvalue weighted by Gasteiger charge is -2.17. The maximum absolute atomic E-state index is 12.9. The number of nitro groups is 1. The lowest BCUT2D eigenvalue weighted by atomic mass is 9.85. The van der Waals surface area contributed by atoms with Crippen LogP contribution >= 0.6 is 0 Å². The number of nitro benzene ring substituents is 1. The molecule has 10 nitrogen and oxygen atoms in total. The number of allylic oxidation sites excluding steroid dienone is 2. The van der Waals surface area contributed by atoms with E-state index in [9.17, 15) is 29.3 Å². The van der Waals surface area contributed by atoms with E-state index in [4.69, 9.17) is 4.74 Å². The first-order valence-corrected chi connectivity index (χ1v) is 11.6. The summed E-state index contributed by atoms with van der Waals surface area (Å²) in [6.45, 7) is 1.63. The Morgan fingerprint density at radius 1 is 1.00 bits per heavy atom. The van der Waals surface area contributed by atoms with Crippen LogP contribution in [0.2, 0.25) is 0 Å². The maximum Gasteiger partial charge on any atom is 0.316 e. The van der Waals surface area contributed by atoms with Gasteiger partial charge in [-0.25, -0.2) is 4.90 Å². The zero-order valence-corrected chi connectivity index (χ0v) is 19.5. The van der Waals surface area contributed by atoms with Crippen molar-refractivity contribution in [3.05, 3.63) is 70.3 Å². The highest BCUT2D eigenvalue weighted by atomic mass is 16.6. The van der Waals surface area contributed by atoms with E-state index in [-0.39, 0.29) is 54.0 Å². The third-order valence-electron chi connectivity index (χ3n) is 6.96. The van der Waals surface area contributed by atoms with Gasteiger partial charge in [-0.05, 0) is 38.0 Å². The van der Waals surface area contributed by atoms with E-state index in [1.165, 1.54) is 17.0 Å². The first-order valence-electron chi connectivity index (χ1n) is 11.6. The number of nitrogens with zero attached hydrogens (tertiary/aromatic N) is 3. The van der Waals surface area contributed by atoms with Crippen LogP contribution in [0.15, 0.2) is 54.6 Å². The second-order valence-corrected chi connectivity index (χ2v) is 9.22. The zero-order valence-electron chi connectivity index (χ0n) is 19.5. The van der Waals surface area contributed by atoms with Gasteiger partial charge in [-0.2, -0.15) is 0 Å². The minimum atomic E-state index is -0.773. The van der Waals surface area contributed by atoms with Crippen LogP contribution in [0.5, 0.6) is 5.75 Å². The van der Waals surface area contributed by atoms with Crippen molar-refractivity contribution in [1.29, 1.82) is 0 Å². The summed E-state index contributed by atoms with van der Waals surface area (Å²) in [4.78, 5) is 64.4. The quantitative estimate of drug-likeness (QED) is 0.157. The standard InChI is InChI=1S/C26H23N3O7/c1-15-9-10-17(13-22(15)29(34)35)27-14-16(11-23(27)30)26(33)36-19-6-4-5-18(12-19)28-24(31)20-7-2-3-8-21(20)25(28)32/h2-6,9-10,12-13,16,20-21H,7-8,11,14H2,1H3/t16-,20-,21-/m1/s1. The number of esters is 1. The highest BCUT2D eigenvalue weighted by Gasteiger charge is 2.48. The largest absolute Gasteiger partial charge is 0.426 e. The first-order chi connectivity index (χ1) is 17.2. The number of hydrogen-bond acceptors (Lipinski definition) is 7. The summed E-state index contributed by atoms with van der Waals surface area (Å²) in [6.07, 6.45) is 4.78. The number of fused-ring (bicyclic) bond motifs is 1. The van der Waals surface area contributed by atoms with Crippen molar-refractivity contribution in [2.45, 2.75) is 26.2 Å². The summed E-state index contributed by atoms with van der Waals surface area (Å²) >= 11 is 0. The molecule has 0 N–H and O–H groups in total. The molecule has 0 unspecified atom stereocenters. The normalized spacial score (nSPS) is 23.2. The fourth-order valence-electron chi connectivity index (χ4n) is 5.02. The fourth-order valence-corrected chi connectivity index (χ4v) is 5.02. The number of imide groups is 1. The van der Waals surface area contributed by atoms with Gasteiger partial charge in [0.2, 0.25) is 17.7 Å². The molecule has 0 aromatic heterocycles. The van der Waals surface area contributed by atoms with Crippen molar-refractivity contribution in [2.24, 2.45) is 17.8 Å².